The lowest BCUT2D eigenvalue weighted by Crippen LogP contribution is -2.41. The fourth-order valence-electron chi connectivity index (χ4n) is 1.58. The van der Waals surface area contributed by atoms with Crippen molar-refractivity contribution in [1.82, 2.24) is 4.72 Å². The third kappa shape index (κ3) is 3.69. The van der Waals surface area contributed by atoms with Crippen LogP contribution in [0, 0.1) is 12.8 Å². The van der Waals surface area contributed by atoms with Crippen molar-refractivity contribution >= 4 is 15.7 Å². The van der Waals surface area contributed by atoms with Gasteiger partial charge in [-0.2, -0.15) is 0 Å². The summed E-state index contributed by atoms with van der Waals surface area (Å²) in [6, 6.07) is 4.15. The standard InChI is InChI=1S/C12H20N2O3S/c1-8(2)12(7-15)14-18(16,17)11-5-9(3)4-10(13)6-11/h4-6,8,12,14-15H,7,13H2,1-3H3. The van der Waals surface area contributed by atoms with E-state index in [9.17, 15) is 8.42 Å². The Labute approximate surface area is 108 Å². The van der Waals surface area contributed by atoms with Crippen LogP contribution in [0.15, 0.2) is 23.1 Å². The molecule has 0 radical (unpaired) electrons. The van der Waals surface area contributed by atoms with Crippen LogP contribution in [0.2, 0.25) is 0 Å². The van der Waals surface area contributed by atoms with Crippen LogP contribution in [0.3, 0.4) is 0 Å². The van der Waals surface area contributed by atoms with E-state index in [-0.39, 0.29) is 17.4 Å². The Morgan fingerprint density at radius 2 is 1.94 bits per heavy atom. The second-order valence-electron chi connectivity index (χ2n) is 4.73. The molecule has 0 heterocycles. The van der Waals surface area contributed by atoms with Crippen LogP contribution in [-0.4, -0.2) is 26.2 Å². The number of nitrogens with two attached hydrogens (primary N) is 1. The first-order valence-electron chi connectivity index (χ1n) is 5.76. The van der Waals surface area contributed by atoms with Gasteiger partial charge in [0.05, 0.1) is 11.5 Å². The Kier molecular flexibility index (Phi) is 4.72. The molecule has 0 aliphatic heterocycles. The highest BCUT2D eigenvalue weighted by molar-refractivity contribution is 7.89. The molecule has 18 heavy (non-hydrogen) atoms. The number of aryl methyl sites for hydroxylation is 1. The quantitative estimate of drug-likeness (QED) is 0.694. The molecule has 0 spiro atoms. The van der Waals surface area contributed by atoms with Crippen LogP contribution < -0.4 is 10.5 Å². The van der Waals surface area contributed by atoms with E-state index >= 15 is 0 Å². The average Bonchev–Trinajstić information content (AvgIpc) is 2.24. The van der Waals surface area contributed by atoms with E-state index < -0.39 is 16.1 Å². The second-order valence-corrected chi connectivity index (χ2v) is 6.45. The summed E-state index contributed by atoms with van der Waals surface area (Å²) in [6.45, 7) is 5.22. The highest BCUT2D eigenvalue weighted by Crippen LogP contribution is 2.17. The van der Waals surface area contributed by atoms with Gasteiger partial charge < -0.3 is 10.8 Å². The normalized spacial score (nSPS) is 13.8. The maximum atomic E-state index is 12.1. The third-order valence-electron chi connectivity index (χ3n) is 2.69. The summed E-state index contributed by atoms with van der Waals surface area (Å²) in [7, 11) is -3.65. The van der Waals surface area contributed by atoms with E-state index in [4.69, 9.17) is 10.8 Å². The minimum absolute atomic E-state index is 0.00642. The Morgan fingerprint density at radius 3 is 2.39 bits per heavy atom. The third-order valence-corrected chi connectivity index (χ3v) is 4.16. The molecule has 0 aliphatic carbocycles. The molecule has 1 unspecified atom stereocenters. The predicted octanol–water partition coefficient (Wildman–Crippen LogP) is 0.872. The molecular formula is C12H20N2O3S. The highest BCUT2D eigenvalue weighted by atomic mass is 32.2. The average molecular weight is 272 g/mol. The smallest absolute Gasteiger partial charge is 0.240 e. The van der Waals surface area contributed by atoms with Crippen LogP contribution >= 0.6 is 0 Å². The lowest BCUT2D eigenvalue weighted by molar-refractivity contribution is 0.227. The summed E-state index contributed by atoms with van der Waals surface area (Å²) in [5.74, 6) is 0.00642. The molecular weight excluding hydrogens is 252 g/mol. The number of nitrogen functional groups attached to an aromatic ring is 1. The van der Waals surface area contributed by atoms with Gasteiger partial charge in [-0.3, -0.25) is 0 Å². The second kappa shape index (κ2) is 5.69. The Morgan fingerprint density at radius 1 is 1.33 bits per heavy atom. The lowest BCUT2D eigenvalue weighted by atomic mass is 10.1. The van der Waals surface area contributed by atoms with Crippen molar-refractivity contribution in [3.63, 3.8) is 0 Å². The number of rotatable bonds is 5. The van der Waals surface area contributed by atoms with Crippen LogP contribution in [0.5, 0.6) is 0 Å². The zero-order valence-corrected chi connectivity index (χ0v) is 11.7. The summed E-state index contributed by atoms with van der Waals surface area (Å²) in [4.78, 5) is 0.124. The van der Waals surface area contributed by atoms with E-state index in [1.807, 2.05) is 13.8 Å². The number of hydrogen-bond acceptors (Lipinski definition) is 4. The number of anilines is 1. The van der Waals surface area contributed by atoms with Gasteiger partial charge in [-0.1, -0.05) is 13.8 Å². The van der Waals surface area contributed by atoms with Gasteiger partial charge in [0.1, 0.15) is 0 Å². The summed E-state index contributed by atoms with van der Waals surface area (Å²) < 4.78 is 26.7. The molecule has 1 aromatic carbocycles. The fraction of sp³-hybridized carbons (Fsp3) is 0.500. The van der Waals surface area contributed by atoms with Gasteiger partial charge >= 0.3 is 0 Å². The lowest BCUT2D eigenvalue weighted by Gasteiger charge is -2.20. The van der Waals surface area contributed by atoms with Crippen LogP contribution in [0.1, 0.15) is 19.4 Å². The number of aliphatic hydroxyl groups is 1. The first-order chi connectivity index (χ1) is 8.26. The van der Waals surface area contributed by atoms with Crippen molar-refractivity contribution in [3.8, 4) is 0 Å². The van der Waals surface area contributed by atoms with Gasteiger partial charge in [0.25, 0.3) is 0 Å². The molecule has 102 valence electrons. The SMILES string of the molecule is Cc1cc(N)cc(S(=O)(=O)NC(CO)C(C)C)c1. The van der Waals surface area contributed by atoms with Crippen molar-refractivity contribution in [2.75, 3.05) is 12.3 Å². The van der Waals surface area contributed by atoms with Gasteiger partial charge in [0, 0.05) is 11.7 Å². The van der Waals surface area contributed by atoms with E-state index in [2.05, 4.69) is 4.72 Å². The minimum Gasteiger partial charge on any atom is -0.399 e. The number of hydrogen-bond donors (Lipinski definition) is 3. The highest BCUT2D eigenvalue weighted by Gasteiger charge is 2.22. The van der Waals surface area contributed by atoms with Gasteiger partial charge in [-0.15, -0.1) is 0 Å². The van der Waals surface area contributed by atoms with Gasteiger partial charge in [-0.25, -0.2) is 13.1 Å². The molecule has 0 amide bonds. The van der Waals surface area contributed by atoms with Crippen molar-refractivity contribution in [2.24, 2.45) is 5.92 Å². The molecule has 0 aromatic heterocycles. The van der Waals surface area contributed by atoms with Crippen molar-refractivity contribution < 1.29 is 13.5 Å². The largest absolute Gasteiger partial charge is 0.399 e. The monoisotopic (exact) mass is 272 g/mol. The van der Waals surface area contributed by atoms with E-state index in [1.165, 1.54) is 6.07 Å². The molecule has 1 atom stereocenters. The zero-order chi connectivity index (χ0) is 13.9. The summed E-state index contributed by atoms with van der Waals surface area (Å²) >= 11 is 0. The molecule has 0 aliphatic rings. The first-order valence-corrected chi connectivity index (χ1v) is 7.25. The van der Waals surface area contributed by atoms with Crippen molar-refractivity contribution in [3.05, 3.63) is 23.8 Å². The Hall–Kier alpha value is -1.11. The number of benzene rings is 1. The molecule has 4 N–H and O–H groups in total. The molecule has 0 bridgehead atoms. The molecule has 0 saturated heterocycles. The van der Waals surface area contributed by atoms with Gasteiger partial charge in [-0.05, 0) is 36.6 Å². The fourth-order valence-corrected chi connectivity index (χ4v) is 3.10. The van der Waals surface area contributed by atoms with Crippen molar-refractivity contribution in [1.29, 1.82) is 0 Å². The van der Waals surface area contributed by atoms with Gasteiger partial charge in [0.15, 0.2) is 0 Å². The minimum atomic E-state index is -3.65. The molecule has 6 heteroatoms. The molecule has 5 nitrogen and oxygen atoms in total. The van der Waals surface area contributed by atoms with Crippen molar-refractivity contribution in [2.45, 2.75) is 31.7 Å². The van der Waals surface area contributed by atoms with Gasteiger partial charge in [0.2, 0.25) is 10.0 Å². The van der Waals surface area contributed by atoms with Crippen LogP contribution in [0.4, 0.5) is 5.69 Å². The van der Waals surface area contributed by atoms with E-state index in [1.54, 1.807) is 19.1 Å². The molecule has 1 rings (SSSR count). The summed E-state index contributed by atoms with van der Waals surface area (Å²) in [5, 5.41) is 9.16. The zero-order valence-electron chi connectivity index (χ0n) is 10.8. The Bertz CT molecular complexity index is 492. The summed E-state index contributed by atoms with van der Waals surface area (Å²) in [6.07, 6.45) is 0. The Balaban J connectivity index is 3.06. The maximum Gasteiger partial charge on any atom is 0.240 e. The van der Waals surface area contributed by atoms with Crippen LogP contribution in [-0.2, 0) is 10.0 Å². The topological polar surface area (TPSA) is 92.4 Å². The number of nitrogens with one attached hydrogen (secondary N) is 1. The molecule has 0 fully saturated rings. The predicted molar refractivity (Wildman–Crippen MR) is 71.6 cm³/mol. The molecule has 1 aromatic rings. The summed E-state index contributed by atoms with van der Waals surface area (Å²) in [5.41, 5.74) is 6.82. The first kappa shape index (κ1) is 14.9. The number of sulfonamides is 1. The number of aliphatic hydroxyl groups excluding tert-OH is 1. The van der Waals surface area contributed by atoms with Crippen LogP contribution in [0.25, 0.3) is 0 Å². The maximum absolute atomic E-state index is 12.1. The van der Waals surface area contributed by atoms with E-state index in [0.29, 0.717) is 5.69 Å². The van der Waals surface area contributed by atoms with E-state index in [0.717, 1.165) is 5.56 Å². The molecule has 0 saturated carbocycles.